The van der Waals surface area contributed by atoms with Crippen LogP contribution in [0.3, 0.4) is 0 Å². The van der Waals surface area contributed by atoms with E-state index < -0.39 is 124 Å². The smallest absolute Gasteiger partial charge is 0.220 e. The molecule has 0 radical (unpaired) electrons. The summed E-state index contributed by atoms with van der Waals surface area (Å²) in [6.45, 7) is 1.86. The molecule has 3 aliphatic rings. The summed E-state index contributed by atoms with van der Waals surface area (Å²) < 4.78 is 34.5. The van der Waals surface area contributed by atoms with Crippen LogP contribution in [-0.4, -0.2) is 193 Å². The van der Waals surface area contributed by atoms with Gasteiger partial charge in [0.15, 0.2) is 18.9 Å². The van der Waals surface area contributed by atoms with Crippen LogP contribution in [0.25, 0.3) is 0 Å². The molecule has 0 aliphatic carbocycles. The van der Waals surface area contributed by atoms with Crippen LogP contribution in [0.1, 0.15) is 309 Å². The average molecular weight is 1280 g/mol. The summed E-state index contributed by atoms with van der Waals surface area (Å²) in [6.07, 6.45) is 30.4. The molecule has 89 heavy (non-hydrogen) atoms. The summed E-state index contributed by atoms with van der Waals surface area (Å²) in [4.78, 5) is 13.4. The zero-order chi connectivity index (χ0) is 64.7. The van der Waals surface area contributed by atoms with E-state index in [1.54, 1.807) is 0 Å². The first-order valence-corrected chi connectivity index (χ1v) is 36.8. The van der Waals surface area contributed by atoms with Crippen LogP contribution in [0.15, 0.2) is 0 Å². The molecule has 0 aromatic carbocycles. The third kappa shape index (κ3) is 34.9. The molecule has 19 heteroatoms. The van der Waals surface area contributed by atoms with Gasteiger partial charge in [-0.25, -0.2) is 0 Å². The molecule has 528 valence electrons. The lowest BCUT2D eigenvalue weighted by atomic mass is 9.96. The Balaban J connectivity index is 1.41. The Morgan fingerprint density at radius 2 is 0.640 bits per heavy atom. The van der Waals surface area contributed by atoms with Crippen molar-refractivity contribution in [3.8, 4) is 0 Å². The fourth-order valence-corrected chi connectivity index (χ4v) is 13.0. The van der Waals surface area contributed by atoms with E-state index in [0.29, 0.717) is 12.8 Å². The van der Waals surface area contributed by atoms with E-state index in [9.17, 15) is 61.0 Å². The molecule has 0 aromatic heterocycles. The van der Waals surface area contributed by atoms with Crippen molar-refractivity contribution in [3.63, 3.8) is 0 Å². The normalized spacial score (nSPS) is 28.1. The largest absolute Gasteiger partial charge is 0.394 e. The maximum atomic E-state index is 13.4. The summed E-state index contributed by atoms with van der Waals surface area (Å²) in [6, 6.07) is -0.882. The first kappa shape index (κ1) is 82.0. The van der Waals surface area contributed by atoms with Crippen molar-refractivity contribution in [3.05, 3.63) is 0 Å². The van der Waals surface area contributed by atoms with Gasteiger partial charge in [0.1, 0.15) is 73.2 Å². The Morgan fingerprint density at radius 1 is 0.360 bits per heavy atom. The monoisotopic (exact) mass is 1280 g/mol. The molecule has 3 saturated heterocycles. The number of unbranched alkanes of at least 4 members (excludes halogenated alkanes) is 42. The van der Waals surface area contributed by atoms with E-state index in [1.807, 2.05) is 0 Å². The van der Waals surface area contributed by atoms with Gasteiger partial charge in [-0.05, 0) is 12.8 Å². The summed E-state index contributed by atoms with van der Waals surface area (Å²) >= 11 is 0. The zero-order valence-corrected chi connectivity index (χ0v) is 55.9. The SMILES string of the molecule is CCCCCCCCCCCCCCCCCCCCCCCCCCC(O)C(COC1OC(CO)C(OC2OC(CO)C(OC3OC(CO)C(O)C(O)C3O)C(O)C2O)C(O)C1O)NC(=O)CCCCCCCCCCCCCCCCCCCCCC. The minimum absolute atomic E-state index is 0.235. The van der Waals surface area contributed by atoms with Crippen LogP contribution < -0.4 is 5.32 Å². The molecule has 0 spiro atoms. The van der Waals surface area contributed by atoms with Crippen molar-refractivity contribution in [1.82, 2.24) is 5.32 Å². The average Bonchev–Trinajstić information content (AvgIpc) is 1.92. The van der Waals surface area contributed by atoms with E-state index in [4.69, 9.17) is 28.4 Å². The minimum atomic E-state index is -1.97. The Labute approximate surface area is 538 Å². The molecule has 17 atom stereocenters. The topological polar surface area (TPSA) is 307 Å². The molecule has 12 N–H and O–H groups in total. The van der Waals surface area contributed by atoms with Crippen LogP contribution in [0.2, 0.25) is 0 Å². The Kier molecular flexibility index (Phi) is 48.8. The van der Waals surface area contributed by atoms with Gasteiger partial charge in [0.05, 0.1) is 38.6 Å². The van der Waals surface area contributed by atoms with Crippen molar-refractivity contribution >= 4 is 5.91 Å². The fraction of sp³-hybridized carbons (Fsp3) is 0.986. The zero-order valence-electron chi connectivity index (χ0n) is 55.9. The number of hydrogen-bond donors (Lipinski definition) is 12. The van der Waals surface area contributed by atoms with Gasteiger partial charge in [0.25, 0.3) is 0 Å². The Morgan fingerprint density at radius 3 is 0.978 bits per heavy atom. The first-order valence-electron chi connectivity index (χ1n) is 36.8. The summed E-state index contributed by atoms with van der Waals surface area (Å²) in [7, 11) is 0. The van der Waals surface area contributed by atoms with Crippen LogP contribution in [0.5, 0.6) is 0 Å². The van der Waals surface area contributed by atoms with Gasteiger partial charge < -0.3 is 89.9 Å². The number of carbonyl (C=O) groups excluding carboxylic acids is 1. The molecular formula is C70H135NO18. The standard InChI is InChI=1S/C70H135NO18/c1-3-5-7-9-11-13-15-17-19-21-23-25-26-27-28-29-31-33-35-37-39-41-43-45-47-54(75)53(71-58(76)48-46-44-42-40-38-36-34-32-30-24-22-20-18-16-14-12-10-8-6-4-2)52-84-68-64(82)61(79)66(56(50-73)86-68)89-70-65(83)62(80)67(57(51-74)87-70)88-69-63(81)60(78)59(77)55(49-72)85-69/h53-57,59-70,72-75,77-83H,3-52H2,1-2H3,(H,71,76). The van der Waals surface area contributed by atoms with Gasteiger partial charge in [-0.3, -0.25) is 4.79 Å². The van der Waals surface area contributed by atoms with E-state index in [2.05, 4.69) is 19.2 Å². The van der Waals surface area contributed by atoms with Crippen molar-refractivity contribution in [2.45, 2.75) is 413 Å². The van der Waals surface area contributed by atoms with Crippen molar-refractivity contribution < 1.29 is 89.4 Å². The third-order valence-electron chi connectivity index (χ3n) is 18.9. The highest BCUT2D eigenvalue weighted by atomic mass is 16.8. The second-order valence-electron chi connectivity index (χ2n) is 26.8. The fourth-order valence-electron chi connectivity index (χ4n) is 13.0. The first-order chi connectivity index (χ1) is 43.3. The Hall–Kier alpha value is -1.21. The number of amides is 1. The number of rotatable bonds is 58. The van der Waals surface area contributed by atoms with Gasteiger partial charge >= 0.3 is 0 Å². The lowest BCUT2D eigenvalue weighted by Gasteiger charge is -2.48. The quantitative estimate of drug-likeness (QED) is 0.0252. The summed E-state index contributed by atoms with van der Waals surface area (Å²) in [5.74, 6) is -0.235. The predicted molar refractivity (Wildman–Crippen MR) is 347 cm³/mol. The minimum Gasteiger partial charge on any atom is -0.394 e. The highest BCUT2D eigenvalue weighted by molar-refractivity contribution is 5.76. The molecule has 1 amide bonds. The van der Waals surface area contributed by atoms with E-state index >= 15 is 0 Å². The molecular weight excluding hydrogens is 1140 g/mol. The maximum Gasteiger partial charge on any atom is 0.220 e. The number of carbonyl (C=O) groups is 1. The molecule has 3 heterocycles. The lowest BCUT2D eigenvalue weighted by molar-refractivity contribution is -0.379. The van der Waals surface area contributed by atoms with Crippen LogP contribution in [-0.2, 0) is 33.2 Å². The van der Waals surface area contributed by atoms with Crippen molar-refractivity contribution in [2.24, 2.45) is 0 Å². The van der Waals surface area contributed by atoms with Crippen LogP contribution in [0, 0.1) is 0 Å². The van der Waals surface area contributed by atoms with Crippen LogP contribution >= 0.6 is 0 Å². The summed E-state index contributed by atoms with van der Waals surface area (Å²) in [5.41, 5.74) is 0. The second-order valence-corrected chi connectivity index (χ2v) is 26.8. The summed E-state index contributed by atoms with van der Waals surface area (Å²) in [5, 5.41) is 121. The molecule has 0 saturated carbocycles. The molecule has 0 aromatic rings. The second kappa shape index (κ2) is 53.0. The molecule has 3 rings (SSSR count). The van der Waals surface area contributed by atoms with E-state index in [1.165, 1.54) is 231 Å². The molecule has 0 bridgehead atoms. The molecule has 3 fully saturated rings. The van der Waals surface area contributed by atoms with Crippen molar-refractivity contribution in [2.75, 3.05) is 26.4 Å². The highest BCUT2D eigenvalue weighted by Crippen LogP contribution is 2.33. The van der Waals surface area contributed by atoms with E-state index in [-0.39, 0.29) is 18.9 Å². The number of hydrogen-bond acceptors (Lipinski definition) is 18. The van der Waals surface area contributed by atoms with Crippen molar-refractivity contribution in [1.29, 1.82) is 0 Å². The lowest BCUT2D eigenvalue weighted by Crippen LogP contribution is -2.66. The molecule has 3 aliphatic heterocycles. The Bertz CT molecular complexity index is 1620. The number of aliphatic hydroxyl groups excluding tert-OH is 11. The van der Waals surface area contributed by atoms with Gasteiger partial charge in [0.2, 0.25) is 5.91 Å². The van der Waals surface area contributed by atoms with Gasteiger partial charge in [-0.15, -0.1) is 0 Å². The number of ether oxygens (including phenoxy) is 6. The molecule has 17 unspecified atom stereocenters. The maximum absolute atomic E-state index is 13.4. The van der Waals surface area contributed by atoms with Gasteiger partial charge in [0, 0.05) is 6.42 Å². The van der Waals surface area contributed by atoms with E-state index in [0.717, 1.165) is 44.9 Å². The molecule has 19 nitrogen and oxygen atoms in total. The predicted octanol–water partition coefficient (Wildman–Crippen LogP) is 10.3. The third-order valence-corrected chi connectivity index (χ3v) is 18.9. The van der Waals surface area contributed by atoms with Crippen LogP contribution in [0.4, 0.5) is 0 Å². The number of aliphatic hydroxyl groups is 11. The highest BCUT2D eigenvalue weighted by Gasteiger charge is 2.53. The van der Waals surface area contributed by atoms with Gasteiger partial charge in [-0.1, -0.05) is 290 Å². The number of nitrogens with one attached hydrogen (secondary N) is 1. The van der Waals surface area contributed by atoms with Gasteiger partial charge in [-0.2, -0.15) is 0 Å².